The maximum Gasteiger partial charge on any atom is 0.147 e. The van der Waals surface area contributed by atoms with Crippen LogP contribution in [0.15, 0.2) is 12.2 Å². The second kappa shape index (κ2) is 3.55. The van der Waals surface area contributed by atoms with E-state index in [1.54, 1.807) is 6.92 Å². The van der Waals surface area contributed by atoms with Crippen molar-refractivity contribution in [1.82, 2.24) is 0 Å². The summed E-state index contributed by atoms with van der Waals surface area (Å²) in [7, 11) is 0. The summed E-state index contributed by atoms with van der Waals surface area (Å²) in [6, 6.07) is 0. The van der Waals surface area contributed by atoms with Gasteiger partial charge in [0.15, 0.2) is 0 Å². The Balaban J connectivity index is 1.78. The third-order valence-electron chi connectivity index (χ3n) is 6.14. The molecule has 4 aliphatic rings. The SMILES string of the molecule is CC(=O)[C@@H]1C(=O)[C@H]2[C@@H]([C@@H]3CCC[C@@H]13)[C@H]1C=C[C@@H]2C1. The quantitative estimate of drug-likeness (QED) is 0.525. The van der Waals surface area contributed by atoms with Crippen LogP contribution in [0.2, 0.25) is 0 Å². The van der Waals surface area contributed by atoms with Gasteiger partial charge < -0.3 is 0 Å². The van der Waals surface area contributed by atoms with Gasteiger partial charge in [-0.15, -0.1) is 0 Å². The molecule has 4 aliphatic carbocycles. The van der Waals surface area contributed by atoms with E-state index in [-0.39, 0.29) is 17.6 Å². The Kier molecular flexibility index (Phi) is 2.16. The summed E-state index contributed by atoms with van der Waals surface area (Å²) in [5.74, 6) is 3.06. The van der Waals surface area contributed by atoms with E-state index in [0.29, 0.717) is 35.4 Å². The van der Waals surface area contributed by atoms with E-state index < -0.39 is 0 Å². The molecule has 0 N–H and O–H groups in total. The number of Topliss-reactive ketones (excluding diaryl/α,β-unsaturated/α-hetero) is 2. The molecule has 18 heavy (non-hydrogen) atoms. The molecule has 3 fully saturated rings. The minimum Gasteiger partial charge on any atom is -0.299 e. The van der Waals surface area contributed by atoms with Crippen LogP contribution in [0.3, 0.4) is 0 Å². The van der Waals surface area contributed by atoms with Crippen LogP contribution in [0, 0.1) is 41.4 Å². The number of allylic oxidation sites excluding steroid dienone is 2. The van der Waals surface area contributed by atoms with Crippen molar-refractivity contribution in [2.45, 2.75) is 32.6 Å². The molecular formula is C16H20O2. The van der Waals surface area contributed by atoms with Crippen LogP contribution in [-0.2, 0) is 9.59 Å². The zero-order chi connectivity index (χ0) is 12.4. The normalized spacial score (nSPS) is 52.5. The Labute approximate surface area is 108 Å². The molecular weight excluding hydrogens is 224 g/mol. The molecule has 3 saturated carbocycles. The molecule has 0 amide bonds. The summed E-state index contributed by atoms with van der Waals surface area (Å²) in [4.78, 5) is 24.6. The number of ketones is 2. The summed E-state index contributed by atoms with van der Waals surface area (Å²) < 4.78 is 0. The lowest BCUT2D eigenvalue weighted by Gasteiger charge is -2.43. The van der Waals surface area contributed by atoms with E-state index >= 15 is 0 Å². The Morgan fingerprint density at radius 1 is 1.17 bits per heavy atom. The highest BCUT2D eigenvalue weighted by Crippen LogP contribution is 2.60. The van der Waals surface area contributed by atoms with Crippen molar-refractivity contribution in [3.05, 3.63) is 12.2 Å². The minimum absolute atomic E-state index is 0.127. The molecule has 0 radical (unpaired) electrons. The van der Waals surface area contributed by atoms with Gasteiger partial charge in [0.1, 0.15) is 11.6 Å². The molecule has 2 nitrogen and oxygen atoms in total. The van der Waals surface area contributed by atoms with Gasteiger partial charge in [0, 0.05) is 5.92 Å². The fraction of sp³-hybridized carbons (Fsp3) is 0.750. The minimum atomic E-state index is -0.258. The van der Waals surface area contributed by atoms with Gasteiger partial charge in [-0.3, -0.25) is 9.59 Å². The van der Waals surface area contributed by atoms with Crippen molar-refractivity contribution in [3.63, 3.8) is 0 Å². The summed E-state index contributed by atoms with van der Waals surface area (Å²) in [6.07, 6.45) is 9.34. The summed E-state index contributed by atoms with van der Waals surface area (Å²) in [6.45, 7) is 1.63. The predicted octanol–water partition coefficient (Wildman–Crippen LogP) is 2.63. The van der Waals surface area contributed by atoms with Crippen LogP contribution < -0.4 is 0 Å². The largest absolute Gasteiger partial charge is 0.299 e. The average Bonchev–Trinajstić information content (AvgIpc) is 3.02. The van der Waals surface area contributed by atoms with Crippen molar-refractivity contribution < 1.29 is 9.59 Å². The molecule has 4 rings (SSSR count). The second-order valence-corrected chi connectivity index (χ2v) is 6.80. The maximum absolute atomic E-state index is 12.7. The van der Waals surface area contributed by atoms with E-state index in [9.17, 15) is 9.59 Å². The standard InChI is InChI=1S/C16H20O2/c1-8(17)13-11-3-2-4-12(11)14-9-5-6-10(7-9)15(14)16(13)18/h5-6,9-15H,2-4,7H2,1H3/t9-,10+,11+,12+,13-,14+,15+/m0/s1. The molecule has 2 heteroatoms. The van der Waals surface area contributed by atoms with Gasteiger partial charge in [0.05, 0.1) is 5.92 Å². The lowest BCUT2D eigenvalue weighted by Crippen LogP contribution is -2.48. The molecule has 0 aromatic rings. The van der Waals surface area contributed by atoms with Crippen LogP contribution in [0.5, 0.6) is 0 Å². The zero-order valence-electron chi connectivity index (χ0n) is 10.8. The van der Waals surface area contributed by atoms with Crippen LogP contribution >= 0.6 is 0 Å². The van der Waals surface area contributed by atoms with E-state index in [4.69, 9.17) is 0 Å². The lowest BCUT2D eigenvalue weighted by molar-refractivity contribution is -0.144. The molecule has 0 aromatic heterocycles. The van der Waals surface area contributed by atoms with Crippen molar-refractivity contribution in [3.8, 4) is 0 Å². The van der Waals surface area contributed by atoms with Crippen molar-refractivity contribution >= 4 is 11.6 Å². The molecule has 0 saturated heterocycles. The van der Waals surface area contributed by atoms with Crippen LogP contribution in [-0.4, -0.2) is 11.6 Å². The number of hydrogen-bond donors (Lipinski definition) is 0. The molecule has 7 atom stereocenters. The molecule has 0 heterocycles. The fourth-order valence-electron chi connectivity index (χ4n) is 5.67. The van der Waals surface area contributed by atoms with Gasteiger partial charge in [0.2, 0.25) is 0 Å². The topological polar surface area (TPSA) is 34.1 Å². The van der Waals surface area contributed by atoms with Crippen molar-refractivity contribution in [2.75, 3.05) is 0 Å². The van der Waals surface area contributed by atoms with E-state index in [1.165, 1.54) is 19.3 Å². The van der Waals surface area contributed by atoms with Gasteiger partial charge in [0.25, 0.3) is 0 Å². The highest BCUT2D eigenvalue weighted by atomic mass is 16.2. The number of carbonyl (C=O) groups is 2. The molecule has 0 unspecified atom stereocenters. The van der Waals surface area contributed by atoms with Gasteiger partial charge in [-0.25, -0.2) is 0 Å². The van der Waals surface area contributed by atoms with Crippen LogP contribution in [0.1, 0.15) is 32.6 Å². The summed E-state index contributed by atoms with van der Waals surface area (Å²) in [5.41, 5.74) is 0. The first-order valence-corrected chi connectivity index (χ1v) is 7.41. The third-order valence-corrected chi connectivity index (χ3v) is 6.14. The van der Waals surface area contributed by atoms with Gasteiger partial charge in [-0.05, 0) is 55.8 Å². The summed E-state index contributed by atoms with van der Waals surface area (Å²) >= 11 is 0. The number of fused-ring (bicyclic) bond motifs is 7. The maximum atomic E-state index is 12.7. The van der Waals surface area contributed by atoms with E-state index in [1.807, 2.05) is 0 Å². The molecule has 2 bridgehead atoms. The average molecular weight is 244 g/mol. The molecule has 0 aromatic carbocycles. The van der Waals surface area contributed by atoms with E-state index in [2.05, 4.69) is 12.2 Å². The molecule has 96 valence electrons. The number of rotatable bonds is 1. The molecule has 0 aliphatic heterocycles. The Bertz CT molecular complexity index is 450. The van der Waals surface area contributed by atoms with Gasteiger partial charge >= 0.3 is 0 Å². The second-order valence-electron chi connectivity index (χ2n) is 6.80. The Morgan fingerprint density at radius 2 is 1.89 bits per heavy atom. The highest BCUT2D eigenvalue weighted by Gasteiger charge is 2.60. The number of carbonyl (C=O) groups excluding carboxylic acids is 2. The summed E-state index contributed by atoms with van der Waals surface area (Å²) in [5, 5.41) is 0. The van der Waals surface area contributed by atoms with E-state index in [0.717, 1.165) is 6.42 Å². The van der Waals surface area contributed by atoms with Gasteiger partial charge in [-0.2, -0.15) is 0 Å². The first kappa shape index (κ1) is 11.0. The Morgan fingerprint density at radius 3 is 2.67 bits per heavy atom. The molecule has 0 spiro atoms. The smallest absolute Gasteiger partial charge is 0.147 e. The van der Waals surface area contributed by atoms with Crippen LogP contribution in [0.4, 0.5) is 0 Å². The fourth-order valence-corrected chi connectivity index (χ4v) is 5.67. The van der Waals surface area contributed by atoms with Crippen molar-refractivity contribution in [2.24, 2.45) is 41.4 Å². The Hall–Kier alpha value is -0.920. The first-order valence-electron chi connectivity index (χ1n) is 7.41. The van der Waals surface area contributed by atoms with Crippen LogP contribution in [0.25, 0.3) is 0 Å². The zero-order valence-corrected chi connectivity index (χ0v) is 10.8. The first-order chi connectivity index (χ1) is 8.68. The number of hydrogen-bond acceptors (Lipinski definition) is 2. The third kappa shape index (κ3) is 1.19. The predicted molar refractivity (Wildman–Crippen MR) is 67.7 cm³/mol. The lowest BCUT2D eigenvalue weighted by atomic mass is 9.58. The highest BCUT2D eigenvalue weighted by molar-refractivity contribution is 6.04. The van der Waals surface area contributed by atoms with Crippen molar-refractivity contribution in [1.29, 1.82) is 0 Å². The monoisotopic (exact) mass is 244 g/mol. The van der Waals surface area contributed by atoms with Gasteiger partial charge in [-0.1, -0.05) is 18.6 Å².